The maximum atomic E-state index is 6.69. The Kier molecular flexibility index (Phi) is 6.59. The third-order valence-electron chi connectivity index (χ3n) is 4.71. The molecule has 0 amide bonds. The molecule has 0 aromatic heterocycles. The zero-order valence-corrected chi connectivity index (χ0v) is 15.2. The van der Waals surface area contributed by atoms with Crippen LogP contribution < -0.4 is 5.73 Å². The summed E-state index contributed by atoms with van der Waals surface area (Å²) in [5, 5.41) is 0. The second-order valence-corrected chi connectivity index (χ2v) is 6.48. The lowest BCUT2D eigenvalue weighted by atomic mass is 9.80. The summed E-state index contributed by atoms with van der Waals surface area (Å²) >= 11 is 0. The molecule has 0 aliphatic carbocycles. The number of benzene rings is 3. The van der Waals surface area contributed by atoms with Gasteiger partial charge in [-0.05, 0) is 42.5 Å². The van der Waals surface area contributed by atoms with E-state index in [0.717, 1.165) is 42.5 Å². The van der Waals surface area contributed by atoms with Gasteiger partial charge in [-0.25, -0.2) is 0 Å². The van der Waals surface area contributed by atoms with E-state index in [1.807, 2.05) is 18.2 Å². The van der Waals surface area contributed by atoms with Crippen LogP contribution in [0.4, 0.5) is 0 Å². The monoisotopic (exact) mass is 345 g/mol. The minimum atomic E-state index is -0.605. The van der Waals surface area contributed by atoms with Gasteiger partial charge in [0.15, 0.2) is 0 Å². The fraction of sp³-hybridized carbons (Fsp3) is 0.250. The van der Waals surface area contributed by atoms with E-state index in [9.17, 15) is 0 Å². The van der Waals surface area contributed by atoms with Crippen LogP contribution in [0.1, 0.15) is 36.0 Å². The molecule has 0 aliphatic rings. The first-order chi connectivity index (χ1) is 12.9. The van der Waals surface area contributed by atoms with Gasteiger partial charge in [-0.15, -0.1) is 0 Å². The summed E-state index contributed by atoms with van der Waals surface area (Å²) in [7, 11) is 0. The van der Waals surface area contributed by atoms with Crippen molar-refractivity contribution in [1.29, 1.82) is 0 Å². The number of hydrogen-bond donors (Lipinski definition) is 1. The lowest BCUT2D eigenvalue weighted by Crippen LogP contribution is -2.33. The van der Waals surface area contributed by atoms with E-state index < -0.39 is 5.60 Å². The van der Waals surface area contributed by atoms with Crippen molar-refractivity contribution in [2.24, 2.45) is 5.73 Å². The normalized spacial score (nSPS) is 11.4. The Labute approximate surface area is 156 Å². The average molecular weight is 345 g/mol. The molecule has 0 saturated heterocycles. The maximum absolute atomic E-state index is 6.69. The molecule has 0 aliphatic heterocycles. The molecule has 3 aromatic rings. The van der Waals surface area contributed by atoms with Crippen molar-refractivity contribution in [2.75, 3.05) is 13.2 Å². The average Bonchev–Trinajstić information content (AvgIpc) is 2.73. The quantitative estimate of drug-likeness (QED) is 0.431. The van der Waals surface area contributed by atoms with Gasteiger partial charge in [0.25, 0.3) is 0 Å². The van der Waals surface area contributed by atoms with Crippen LogP contribution in [0.15, 0.2) is 91.0 Å². The molecular formula is C24H27NO. The highest BCUT2D eigenvalue weighted by atomic mass is 16.5. The van der Waals surface area contributed by atoms with Crippen molar-refractivity contribution in [3.63, 3.8) is 0 Å². The van der Waals surface area contributed by atoms with E-state index in [2.05, 4.69) is 72.8 Å². The summed E-state index contributed by atoms with van der Waals surface area (Å²) in [6.45, 7) is 1.43. The fourth-order valence-electron chi connectivity index (χ4n) is 3.42. The molecule has 2 nitrogen and oxygen atoms in total. The van der Waals surface area contributed by atoms with Crippen LogP contribution in [0.3, 0.4) is 0 Å². The van der Waals surface area contributed by atoms with E-state index in [1.165, 1.54) is 0 Å². The number of nitrogens with two attached hydrogens (primary N) is 1. The summed E-state index contributed by atoms with van der Waals surface area (Å²) in [6, 6.07) is 31.5. The van der Waals surface area contributed by atoms with Gasteiger partial charge < -0.3 is 10.5 Å². The van der Waals surface area contributed by atoms with Gasteiger partial charge in [-0.2, -0.15) is 0 Å². The molecule has 134 valence electrons. The van der Waals surface area contributed by atoms with Gasteiger partial charge in [-0.1, -0.05) is 91.0 Å². The molecule has 26 heavy (non-hydrogen) atoms. The first-order valence-electron chi connectivity index (χ1n) is 9.38. The smallest absolute Gasteiger partial charge is 0.143 e. The topological polar surface area (TPSA) is 35.2 Å². The van der Waals surface area contributed by atoms with Gasteiger partial charge in [-0.3, -0.25) is 0 Å². The molecule has 0 radical (unpaired) electrons. The number of ether oxygens (including phenoxy) is 1. The molecule has 3 aromatic carbocycles. The Hall–Kier alpha value is -2.42. The third-order valence-corrected chi connectivity index (χ3v) is 4.71. The molecule has 0 unspecified atom stereocenters. The number of unbranched alkanes of at least 4 members (excludes halogenated alkanes) is 2. The van der Waals surface area contributed by atoms with Crippen LogP contribution in [0.25, 0.3) is 0 Å². The van der Waals surface area contributed by atoms with Gasteiger partial charge in [0, 0.05) is 6.61 Å². The lowest BCUT2D eigenvalue weighted by Gasteiger charge is -2.36. The second-order valence-electron chi connectivity index (χ2n) is 6.48. The Morgan fingerprint density at radius 1 is 0.577 bits per heavy atom. The fourth-order valence-corrected chi connectivity index (χ4v) is 3.42. The molecular weight excluding hydrogens is 318 g/mol. The molecule has 0 spiro atoms. The summed E-state index contributed by atoms with van der Waals surface area (Å²) in [6.07, 6.45) is 3.13. The van der Waals surface area contributed by atoms with Gasteiger partial charge in [0.05, 0.1) is 0 Å². The Balaban J connectivity index is 2.06. The lowest BCUT2D eigenvalue weighted by molar-refractivity contribution is 0.0107. The molecule has 0 fully saturated rings. The molecule has 3 rings (SSSR count). The summed E-state index contributed by atoms with van der Waals surface area (Å²) in [5.74, 6) is 0. The van der Waals surface area contributed by atoms with Crippen LogP contribution >= 0.6 is 0 Å². The molecule has 2 heteroatoms. The zero-order valence-electron chi connectivity index (χ0n) is 15.2. The highest BCUT2D eigenvalue weighted by Crippen LogP contribution is 2.40. The standard InChI is InChI=1S/C24H27NO/c25-19-11-4-12-20-26-24(21-13-5-1-6-14-21,22-15-7-2-8-16-22)23-17-9-3-10-18-23/h1-3,5-10,13-18H,4,11-12,19-20,25H2. The summed E-state index contributed by atoms with van der Waals surface area (Å²) in [5.41, 5.74) is 8.47. The predicted molar refractivity (Wildman–Crippen MR) is 108 cm³/mol. The largest absolute Gasteiger partial charge is 0.361 e. The van der Waals surface area contributed by atoms with Crippen molar-refractivity contribution in [2.45, 2.75) is 24.9 Å². The Bertz CT molecular complexity index is 659. The van der Waals surface area contributed by atoms with Crippen molar-refractivity contribution < 1.29 is 4.74 Å². The Morgan fingerprint density at radius 3 is 1.38 bits per heavy atom. The number of rotatable bonds is 9. The predicted octanol–water partition coefficient (Wildman–Crippen LogP) is 5.12. The van der Waals surface area contributed by atoms with Crippen LogP contribution in [0.2, 0.25) is 0 Å². The van der Waals surface area contributed by atoms with E-state index in [0.29, 0.717) is 6.61 Å². The SMILES string of the molecule is NCCCCCOC(c1ccccc1)(c1ccccc1)c1ccccc1. The molecule has 0 bridgehead atoms. The highest BCUT2D eigenvalue weighted by Gasteiger charge is 2.37. The maximum Gasteiger partial charge on any atom is 0.143 e. The van der Waals surface area contributed by atoms with E-state index in [1.54, 1.807) is 0 Å². The minimum Gasteiger partial charge on any atom is -0.361 e. The second kappa shape index (κ2) is 9.33. The van der Waals surface area contributed by atoms with Crippen LogP contribution in [-0.2, 0) is 10.3 Å². The molecule has 0 saturated carbocycles. The summed E-state index contributed by atoms with van der Waals surface area (Å²) < 4.78 is 6.69. The van der Waals surface area contributed by atoms with Crippen LogP contribution in [0, 0.1) is 0 Å². The molecule has 0 heterocycles. The molecule has 0 atom stereocenters. The first kappa shape index (κ1) is 18.4. The van der Waals surface area contributed by atoms with Gasteiger partial charge >= 0.3 is 0 Å². The highest BCUT2D eigenvalue weighted by molar-refractivity contribution is 5.47. The molecule has 2 N–H and O–H groups in total. The van der Waals surface area contributed by atoms with Crippen molar-refractivity contribution >= 4 is 0 Å². The van der Waals surface area contributed by atoms with Crippen LogP contribution in [-0.4, -0.2) is 13.2 Å². The van der Waals surface area contributed by atoms with E-state index >= 15 is 0 Å². The van der Waals surface area contributed by atoms with Gasteiger partial charge in [0.2, 0.25) is 0 Å². The third kappa shape index (κ3) is 4.04. The van der Waals surface area contributed by atoms with Crippen molar-refractivity contribution in [1.82, 2.24) is 0 Å². The van der Waals surface area contributed by atoms with E-state index in [-0.39, 0.29) is 0 Å². The van der Waals surface area contributed by atoms with Crippen LogP contribution in [0.5, 0.6) is 0 Å². The van der Waals surface area contributed by atoms with Gasteiger partial charge in [0.1, 0.15) is 5.60 Å². The minimum absolute atomic E-state index is 0.605. The number of hydrogen-bond acceptors (Lipinski definition) is 2. The zero-order chi connectivity index (χ0) is 18.1. The van der Waals surface area contributed by atoms with Crippen molar-refractivity contribution in [3.8, 4) is 0 Å². The van der Waals surface area contributed by atoms with Crippen molar-refractivity contribution in [3.05, 3.63) is 108 Å². The van der Waals surface area contributed by atoms with E-state index in [4.69, 9.17) is 10.5 Å². The summed E-state index contributed by atoms with van der Waals surface area (Å²) in [4.78, 5) is 0. The Morgan fingerprint density at radius 2 is 1.00 bits per heavy atom. The first-order valence-corrected chi connectivity index (χ1v) is 9.38.